The van der Waals surface area contributed by atoms with Gasteiger partial charge in [0.1, 0.15) is 12.5 Å². The minimum Gasteiger partial charge on any atom is -0.299 e. The number of ketones is 1. The van der Waals surface area contributed by atoms with Gasteiger partial charge in [0.05, 0.1) is 5.41 Å². The first-order valence-corrected chi connectivity index (χ1v) is 9.21. The van der Waals surface area contributed by atoms with E-state index < -0.39 is 5.41 Å². The van der Waals surface area contributed by atoms with Crippen LogP contribution in [0.2, 0.25) is 0 Å². The first-order chi connectivity index (χ1) is 10.1. The lowest BCUT2D eigenvalue weighted by Crippen LogP contribution is -2.54. The van der Waals surface area contributed by atoms with Crippen molar-refractivity contribution >= 4 is 5.78 Å². The van der Waals surface area contributed by atoms with Gasteiger partial charge in [-0.2, -0.15) is 0 Å². The Morgan fingerprint density at radius 3 is 2.71 bits per heavy atom. The van der Waals surface area contributed by atoms with Gasteiger partial charge in [-0.25, -0.2) is 4.39 Å². The minimum absolute atomic E-state index is 0.254. The third-order valence-electron chi connectivity index (χ3n) is 8.27. The zero-order chi connectivity index (χ0) is 14.7. The van der Waals surface area contributed by atoms with Gasteiger partial charge in [0.2, 0.25) is 0 Å². The van der Waals surface area contributed by atoms with Gasteiger partial charge in [-0.1, -0.05) is 19.8 Å². The predicted octanol–water partition coefficient (Wildman–Crippen LogP) is 4.94. The summed E-state index contributed by atoms with van der Waals surface area (Å²) in [5.74, 6) is 2.94. The zero-order valence-electron chi connectivity index (χ0n) is 13.4. The molecule has 2 heteroatoms. The third kappa shape index (κ3) is 1.77. The number of rotatable bonds is 1. The summed E-state index contributed by atoms with van der Waals surface area (Å²) in [5.41, 5.74) is -0.0612. The van der Waals surface area contributed by atoms with Crippen molar-refractivity contribution < 1.29 is 9.18 Å². The molecule has 6 atom stereocenters. The number of fused-ring (bicyclic) bond motifs is 5. The van der Waals surface area contributed by atoms with Crippen molar-refractivity contribution in [3.05, 3.63) is 0 Å². The van der Waals surface area contributed by atoms with E-state index in [9.17, 15) is 9.18 Å². The first-order valence-electron chi connectivity index (χ1n) is 9.21. The highest BCUT2D eigenvalue weighted by molar-refractivity contribution is 5.87. The van der Waals surface area contributed by atoms with Crippen molar-refractivity contribution in [2.24, 2.45) is 34.5 Å². The number of alkyl halides is 1. The molecule has 0 radical (unpaired) electrons. The molecule has 0 spiro atoms. The van der Waals surface area contributed by atoms with Crippen LogP contribution in [0.3, 0.4) is 0 Å². The van der Waals surface area contributed by atoms with Crippen molar-refractivity contribution in [1.82, 2.24) is 0 Å². The van der Waals surface area contributed by atoms with Crippen molar-refractivity contribution in [2.45, 2.75) is 71.1 Å². The Labute approximate surface area is 128 Å². The van der Waals surface area contributed by atoms with Gasteiger partial charge < -0.3 is 0 Å². The SMILES string of the molecule is C[C@]12CCCC[C@@H]1CC[C@H]1[C@@H]3CCC(=O)[C@@]3(CF)CC[C@@H]12. The monoisotopic (exact) mass is 292 g/mol. The molecule has 0 aromatic carbocycles. The Kier molecular flexibility index (Phi) is 3.25. The fraction of sp³-hybridized carbons (Fsp3) is 0.947. The lowest BCUT2D eigenvalue weighted by Gasteiger charge is -2.59. The van der Waals surface area contributed by atoms with Crippen molar-refractivity contribution in [1.29, 1.82) is 0 Å². The molecule has 4 aliphatic rings. The Bertz CT molecular complexity index is 447. The highest BCUT2D eigenvalue weighted by Gasteiger charge is 2.61. The summed E-state index contributed by atoms with van der Waals surface area (Å²) < 4.78 is 13.8. The molecule has 4 fully saturated rings. The molecule has 0 amide bonds. The quantitative estimate of drug-likeness (QED) is 0.669. The van der Waals surface area contributed by atoms with Crippen LogP contribution in [0.15, 0.2) is 0 Å². The topological polar surface area (TPSA) is 17.1 Å². The van der Waals surface area contributed by atoms with E-state index in [4.69, 9.17) is 0 Å². The molecule has 4 rings (SSSR count). The minimum atomic E-state index is -0.557. The lowest BCUT2D eigenvalue weighted by molar-refractivity contribution is -0.143. The summed E-state index contributed by atoms with van der Waals surface area (Å²) in [5, 5.41) is 0. The van der Waals surface area contributed by atoms with E-state index in [1.165, 1.54) is 38.5 Å². The van der Waals surface area contributed by atoms with Crippen LogP contribution in [-0.4, -0.2) is 12.5 Å². The van der Waals surface area contributed by atoms with Crippen LogP contribution < -0.4 is 0 Å². The van der Waals surface area contributed by atoms with Crippen LogP contribution in [0.25, 0.3) is 0 Å². The number of Topliss-reactive ketones (excluding diaryl/α,β-unsaturated/α-hetero) is 1. The molecule has 0 saturated heterocycles. The van der Waals surface area contributed by atoms with Crippen molar-refractivity contribution in [3.63, 3.8) is 0 Å². The second-order valence-corrected chi connectivity index (χ2v) is 8.69. The van der Waals surface area contributed by atoms with E-state index >= 15 is 0 Å². The van der Waals surface area contributed by atoms with E-state index in [1.807, 2.05) is 0 Å². The molecule has 0 heterocycles. The maximum absolute atomic E-state index is 13.8. The Morgan fingerprint density at radius 1 is 1.05 bits per heavy atom. The third-order valence-corrected chi connectivity index (χ3v) is 8.27. The van der Waals surface area contributed by atoms with E-state index in [2.05, 4.69) is 6.92 Å². The molecule has 4 saturated carbocycles. The highest BCUT2D eigenvalue weighted by atomic mass is 19.1. The molecule has 0 N–H and O–H groups in total. The van der Waals surface area contributed by atoms with Crippen LogP contribution in [0, 0.1) is 34.5 Å². The molecule has 0 aromatic heterocycles. The van der Waals surface area contributed by atoms with Crippen LogP contribution in [0.4, 0.5) is 4.39 Å². The van der Waals surface area contributed by atoms with Gasteiger partial charge in [0.15, 0.2) is 0 Å². The molecule has 4 aliphatic carbocycles. The summed E-state index contributed by atoms with van der Waals surface area (Å²) in [6.07, 6.45) is 11.8. The number of halogens is 1. The average molecular weight is 292 g/mol. The molecule has 0 aromatic rings. The van der Waals surface area contributed by atoms with Crippen molar-refractivity contribution in [2.75, 3.05) is 6.67 Å². The van der Waals surface area contributed by atoms with Gasteiger partial charge in [0.25, 0.3) is 0 Å². The summed E-state index contributed by atoms with van der Waals surface area (Å²) in [6, 6.07) is 0. The second kappa shape index (κ2) is 4.80. The highest BCUT2D eigenvalue weighted by Crippen LogP contribution is 2.65. The van der Waals surface area contributed by atoms with Gasteiger partial charge in [-0.3, -0.25) is 4.79 Å². The Hall–Kier alpha value is -0.400. The fourth-order valence-electron chi connectivity index (χ4n) is 7.12. The standard InChI is InChI=1S/C19H29FO/c1-18-10-3-2-4-13(18)5-6-14-15(18)9-11-19(12-20)16(14)7-8-17(19)21/h13-16H,2-12H2,1H3/t13-,14-,15+,16+,18+,19-/m1/s1. The maximum atomic E-state index is 13.8. The Balaban J connectivity index is 1.66. The number of carbonyl (C=O) groups is 1. The lowest BCUT2D eigenvalue weighted by atomic mass is 9.45. The van der Waals surface area contributed by atoms with Crippen molar-refractivity contribution in [3.8, 4) is 0 Å². The molecule has 0 unspecified atom stereocenters. The van der Waals surface area contributed by atoms with E-state index in [0.717, 1.165) is 31.1 Å². The molecule has 21 heavy (non-hydrogen) atoms. The van der Waals surface area contributed by atoms with Crippen LogP contribution in [0.5, 0.6) is 0 Å². The van der Waals surface area contributed by atoms with Gasteiger partial charge in [-0.05, 0) is 74.0 Å². The molecular weight excluding hydrogens is 263 g/mol. The summed E-state index contributed by atoms with van der Waals surface area (Å²) in [4.78, 5) is 12.4. The smallest absolute Gasteiger partial charge is 0.141 e. The summed E-state index contributed by atoms with van der Waals surface area (Å²) in [6.45, 7) is 2.15. The van der Waals surface area contributed by atoms with Crippen LogP contribution in [-0.2, 0) is 4.79 Å². The second-order valence-electron chi connectivity index (χ2n) is 8.69. The molecule has 118 valence electrons. The molecule has 0 bridgehead atoms. The largest absolute Gasteiger partial charge is 0.299 e. The molecule has 1 nitrogen and oxygen atoms in total. The average Bonchev–Trinajstić information content (AvgIpc) is 2.84. The number of hydrogen-bond acceptors (Lipinski definition) is 1. The maximum Gasteiger partial charge on any atom is 0.141 e. The number of hydrogen-bond donors (Lipinski definition) is 0. The van der Waals surface area contributed by atoms with Gasteiger partial charge in [-0.15, -0.1) is 0 Å². The van der Waals surface area contributed by atoms with Gasteiger partial charge in [0, 0.05) is 6.42 Å². The van der Waals surface area contributed by atoms with E-state index in [0.29, 0.717) is 23.7 Å². The van der Waals surface area contributed by atoms with Gasteiger partial charge >= 0.3 is 0 Å². The summed E-state index contributed by atoms with van der Waals surface area (Å²) >= 11 is 0. The number of carbonyl (C=O) groups excluding carboxylic acids is 1. The van der Waals surface area contributed by atoms with E-state index in [-0.39, 0.29) is 12.5 Å². The first kappa shape index (κ1) is 14.2. The molecule has 0 aliphatic heterocycles. The predicted molar refractivity (Wildman–Crippen MR) is 81.7 cm³/mol. The van der Waals surface area contributed by atoms with Crippen LogP contribution in [0.1, 0.15) is 71.1 Å². The van der Waals surface area contributed by atoms with Crippen LogP contribution >= 0.6 is 0 Å². The molecular formula is C19H29FO. The zero-order valence-corrected chi connectivity index (χ0v) is 13.4. The summed E-state index contributed by atoms with van der Waals surface area (Å²) in [7, 11) is 0. The fourth-order valence-corrected chi connectivity index (χ4v) is 7.12. The Morgan fingerprint density at radius 2 is 1.90 bits per heavy atom. The normalized spacial score (nSPS) is 53.0. The van der Waals surface area contributed by atoms with E-state index in [1.54, 1.807) is 0 Å².